The first-order valence-corrected chi connectivity index (χ1v) is 7.16. The Kier molecular flexibility index (Phi) is 4.96. The van der Waals surface area contributed by atoms with Gasteiger partial charge in [-0.1, -0.05) is 30.3 Å². The van der Waals surface area contributed by atoms with E-state index in [-0.39, 0.29) is 18.9 Å². The van der Waals surface area contributed by atoms with E-state index in [1.165, 1.54) is 0 Å². The molecular formula is C11H15NO4S. The van der Waals surface area contributed by atoms with Crippen molar-refractivity contribution < 1.29 is 17.9 Å². The van der Waals surface area contributed by atoms with E-state index in [1.54, 1.807) is 0 Å². The maximum atomic E-state index is 11.2. The Labute approximate surface area is 101 Å². The summed E-state index contributed by atoms with van der Waals surface area (Å²) in [5.41, 5.74) is 0.880. The molecule has 0 aliphatic rings. The van der Waals surface area contributed by atoms with Crippen molar-refractivity contribution >= 4 is 15.9 Å². The molecule has 94 valence electrons. The summed E-state index contributed by atoms with van der Waals surface area (Å²) in [4.78, 5) is 11.2. The third-order valence-electron chi connectivity index (χ3n) is 1.95. The van der Waals surface area contributed by atoms with Crippen LogP contribution < -0.4 is 5.32 Å². The van der Waals surface area contributed by atoms with Gasteiger partial charge in [0, 0.05) is 12.8 Å². The molecule has 1 aromatic carbocycles. The molecule has 1 aromatic rings. The number of nitrogens with one attached hydrogen (secondary N) is 1. The zero-order valence-corrected chi connectivity index (χ0v) is 10.4. The van der Waals surface area contributed by atoms with Crippen molar-refractivity contribution in [3.8, 4) is 0 Å². The van der Waals surface area contributed by atoms with Gasteiger partial charge in [0.05, 0.1) is 5.75 Å². The van der Waals surface area contributed by atoms with Gasteiger partial charge < -0.3 is 10.1 Å². The molecule has 0 saturated heterocycles. The fourth-order valence-corrected chi connectivity index (χ4v) is 1.59. The van der Waals surface area contributed by atoms with Crippen LogP contribution in [0.1, 0.15) is 5.56 Å². The van der Waals surface area contributed by atoms with E-state index in [1.807, 2.05) is 30.3 Å². The van der Waals surface area contributed by atoms with Crippen molar-refractivity contribution in [2.24, 2.45) is 0 Å². The Morgan fingerprint density at radius 1 is 1.29 bits per heavy atom. The van der Waals surface area contributed by atoms with Crippen LogP contribution in [0.25, 0.3) is 0 Å². The van der Waals surface area contributed by atoms with Crippen molar-refractivity contribution in [2.75, 3.05) is 18.6 Å². The zero-order chi connectivity index (χ0) is 12.7. The summed E-state index contributed by atoms with van der Waals surface area (Å²) >= 11 is 0. The first-order chi connectivity index (χ1) is 7.97. The normalized spacial score (nSPS) is 10.9. The molecule has 0 unspecified atom stereocenters. The van der Waals surface area contributed by atoms with Crippen LogP contribution in [-0.4, -0.2) is 33.1 Å². The van der Waals surface area contributed by atoms with E-state index in [9.17, 15) is 13.2 Å². The van der Waals surface area contributed by atoms with Gasteiger partial charge in [0.15, 0.2) is 0 Å². The van der Waals surface area contributed by atoms with Gasteiger partial charge in [0.25, 0.3) is 0 Å². The van der Waals surface area contributed by atoms with Gasteiger partial charge in [0.1, 0.15) is 16.4 Å². The molecule has 0 aliphatic heterocycles. The fourth-order valence-electron chi connectivity index (χ4n) is 1.11. The maximum Gasteiger partial charge on any atom is 0.407 e. The summed E-state index contributed by atoms with van der Waals surface area (Å²) in [5, 5.41) is 2.37. The highest BCUT2D eigenvalue weighted by Gasteiger charge is 2.05. The Hall–Kier alpha value is -1.56. The second-order valence-electron chi connectivity index (χ2n) is 3.62. The minimum Gasteiger partial charge on any atom is -0.445 e. The lowest BCUT2D eigenvalue weighted by Crippen LogP contribution is -2.29. The number of hydrogen-bond acceptors (Lipinski definition) is 4. The third kappa shape index (κ3) is 6.57. The van der Waals surface area contributed by atoms with Crippen molar-refractivity contribution in [3.63, 3.8) is 0 Å². The van der Waals surface area contributed by atoms with Crippen LogP contribution in [0.5, 0.6) is 0 Å². The maximum absolute atomic E-state index is 11.2. The number of alkyl carbamates (subject to hydrolysis) is 1. The Bertz CT molecular complexity index is 456. The van der Waals surface area contributed by atoms with Crippen molar-refractivity contribution in [1.29, 1.82) is 0 Å². The Balaban J connectivity index is 2.22. The molecule has 0 aliphatic carbocycles. The highest BCUT2D eigenvalue weighted by Crippen LogP contribution is 2.00. The summed E-state index contributed by atoms with van der Waals surface area (Å²) in [6.45, 7) is 0.234. The molecule has 0 saturated carbocycles. The monoisotopic (exact) mass is 257 g/mol. The van der Waals surface area contributed by atoms with Crippen molar-refractivity contribution in [1.82, 2.24) is 5.32 Å². The van der Waals surface area contributed by atoms with E-state index in [0.29, 0.717) is 0 Å². The molecule has 1 N–H and O–H groups in total. The average Bonchev–Trinajstić information content (AvgIpc) is 2.26. The van der Waals surface area contributed by atoms with E-state index >= 15 is 0 Å². The number of rotatable bonds is 5. The molecule has 17 heavy (non-hydrogen) atoms. The number of benzene rings is 1. The smallest absolute Gasteiger partial charge is 0.407 e. The van der Waals surface area contributed by atoms with Gasteiger partial charge in [-0.25, -0.2) is 13.2 Å². The van der Waals surface area contributed by atoms with Crippen LogP contribution in [0.15, 0.2) is 30.3 Å². The summed E-state index contributed by atoms with van der Waals surface area (Å²) < 4.78 is 26.5. The predicted octanol–water partition coefficient (Wildman–Crippen LogP) is 0.957. The first kappa shape index (κ1) is 13.5. The molecule has 1 rings (SSSR count). The van der Waals surface area contributed by atoms with Gasteiger partial charge in [0.2, 0.25) is 0 Å². The SMILES string of the molecule is CS(=O)(=O)CCNC(=O)OCc1ccccc1. The molecule has 0 bridgehead atoms. The van der Waals surface area contributed by atoms with Gasteiger partial charge in [-0.2, -0.15) is 0 Å². The Morgan fingerprint density at radius 2 is 1.94 bits per heavy atom. The lowest BCUT2D eigenvalue weighted by atomic mass is 10.2. The standard InChI is InChI=1S/C11H15NO4S/c1-17(14,15)8-7-12-11(13)16-9-10-5-3-2-4-6-10/h2-6H,7-9H2,1H3,(H,12,13). The number of sulfone groups is 1. The molecule has 6 heteroatoms. The minimum atomic E-state index is -3.06. The second-order valence-corrected chi connectivity index (χ2v) is 5.88. The summed E-state index contributed by atoms with van der Waals surface area (Å²) in [6.07, 6.45) is 0.502. The lowest BCUT2D eigenvalue weighted by molar-refractivity contribution is 0.140. The van der Waals surface area contributed by atoms with Gasteiger partial charge in [-0.15, -0.1) is 0 Å². The summed E-state index contributed by atoms with van der Waals surface area (Å²) in [5.74, 6) is -0.0898. The van der Waals surface area contributed by atoms with E-state index in [4.69, 9.17) is 4.74 Å². The lowest BCUT2D eigenvalue weighted by Gasteiger charge is -2.06. The molecule has 0 spiro atoms. The molecule has 1 amide bonds. The molecule has 5 nitrogen and oxygen atoms in total. The molecule has 0 atom stereocenters. The molecular weight excluding hydrogens is 242 g/mol. The van der Waals surface area contributed by atoms with E-state index < -0.39 is 15.9 Å². The predicted molar refractivity (Wildman–Crippen MR) is 64.3 cm³/mol. The van der Waals surface area contributed by atoms with E-state index in [2.05, 4.69) is 5.32 Å². The van der Waals surface area contributed by atoms with Crippen molar-refractivity contribution in [2.45, 2.75) is 6.61 Å². The number of hydrogen-bond donors (Lipinski definition) is 1. The largest absolute Gasteiger partial charge is 0.445 e. The summed E-state index contributed by atoms with van der Waals surface area (Å²) in [7, 11) is -3.06. The number of amides is 1. The quantitative estimate of drug-likeness (QED) is 0.852. The number of carbonyl (C=O) groups excluding carboxylic acids is 1. The van der Waals surface area contributed by atoms with Crippen LogP contribution in [0.4, 0.5) is 4.79 Å². The molecule has 0 aromatic heterocycles. The second kappa shape index (κ2) is 6.24. The molecule has 0 heterocycles. The highest BCUT2D eigenvalue weighted by molar-refractivity contribution is 7.90. The third-order valence-corrected chi connectivity index (χ3v) is 2.90. The van der Waals surface area contributed by atoms with Crippen LogP contribution in [0, 0.1) is 0 Å². The Morgan fingerprint density at radius 3 is 2.53 bits per heavy atom. The van der Waals surface area contributed by atoms with Gasteiger partial charge in [-0.3, -0.25) is 0 Å². The number of carbonyl (C=O) groups is 1. The fraction of sp³-hybridized carbons (Fsp3) is 0.364. The topological polar surface area (TPSA) is 72.5 Å². The van der Waals surface area contributed by atoms with E-state index in [0.717, 1.165) is 11.8 Å². The van der Waals surface area contributed by atoms with Crippen molar-refractivity contribution in [3.05, 3.63) is 35.9 Å². The first-order valence-electron chi connectivity index (χ1n) is 5.09. The zero-order valence-electron chi connectivity index (χ0n) is 9.55. The van der Waals surface area contributed by atoms with Gasteiger partial charge in [-0.05, 0) is 5.56 Å². The average molecular weight is 257 g/mol. The summed E-state index contributed by atoms with van der Waals surface area (Å²) in [6, 6.07) is 9.24. The van der Waals surface area contributed by atoms with Crippen LogP contribution in [-0.2, 0) is 21.2 Å². The molecule has 0 radical (unpaired) electrons. The van der Waals surface area contributed by atoms with Crippen LogP contribution >= 0.6 is 0 Å². The minimum absolute atomic E-state index is 0.0620. The molecule has 0 fully saturated rings. The highest BCUT2D eigenvalue weighted by atomic mass is 32.2. The van der Waals surface area contributed by atoms with Crippen LogP contribution in [0.3, 0.4) is 0 Å². The number of ether oxygens (including phenoxy) is 1. The van der Waals surface area contributed by atoms with Crippen LogP contribution in [0.2, 0.25) is 0 Å². The van der Waals surface area contributed by atoms with Gasteiger partial charge >= 0.3 is 6.09 Å².